The van der Waals surface area contributed by atoms with E-state index >= 15 is 0 Å². The van der Waals surface area contributed by atoms with Gasteiger partial charge < -0.3 is 9.32 Å². The minimum Gasteiger partial charge on any atom is -0.435 e. The maximum atomic E-state index is 13.0. The molecule has 7 heteroatoms. The van der Waals surface area contributed by atoms with Gasteiger partial charge in [0.15, 0.2) is 11.7 Å². The summed E-state index contributed by atoms with van der Waals surface area (Å²) >= 11 is 0. The molecule has 0 unspecified atom stereocenters. The van der Waals surface area contributed by atoms with Gasteiger partial charge in [0, 0.05) is 18.5 Å². The lowest BCUT2D eigenvalue weighted by Gasteiger charge is -2.32. The van der Waals surface area contributed by atoms with E-state index in [1.165, 1.54) is 0 Å². The second-order valence-corrected chi connectivity index (χ2v) is 6.43. The van der Waals surface area contributed by atoms with Crippen LogP contribution in [0.2, 0.25) is 0 Å². The van der Waals surface area contributed by atoms with E-state index in [4.69, 9.17) is 4.42 Å². The van der Waals surface area contributed by atoms with Gasteiger partial charge in [-0.1, -0.05) is 37.3 Å². The zero-order chi connectivity index (χ0) is 18.3. The number of amides is 1. The van der Waals surface area contributed by atoms with E-state index in [-0.39, 0.29) is 11.9 Å². The molecule has 1 aliphatic rings. The van der Waals surface area contributed by atoms with Crippen molar-refractivity contribution in [3.63, 3.8) is 0 Å². The molecule has 4 rings (SSSR count). The summed E-state index contributed by atoms with van der Waals surface area (Å²) in [4.78, 5) is 23.8. The summed E-state index contributed by atoms with van der Waals surface area (Å²) in [6, 6.07) is 9.68. The van der Waals surface area contributed by atoms with E-state index in [1.54, 1.807) is 11.8 Å². The molecule has 3 aromatic rings. The highest BCUT2D eigenvalue weighted by Gasteiger charge is 2.33. The largest absolute Gasteiger partial charge is 0.435 e. The highest BCUT2D eigenvalue weighted by Crippen LogP contribution is 2.28. The van der Waals surface area contributed by atoms with Crippen LogP contribution in [0.15, 0.2) is 34.7 Å². The van der Waals surface area contributed by atoms with Crippen molar-refractivity contribution >= 4 is 5.91 Å². The van der Waals surface area contributed by atoms with Crippen LogP contribution in [0.3, 0.4) is 0 Å². The molecule has 0 radical (unpaired) electrons. The standard InChI is InChI=1S/C19H21N5O2/c1-4-15-20-12(2)16(26-15)19(25)23-10-11-24-18(13(23)3)21-17(22-24)14-8-6-5-7-9-14/h5-9,13H,4,10-11H2,1-3H3/t13-/m0/s1. The minimum atomic E-state index is -0.184. The third kappa shape index (κ3) is 2.69. The number of carbonyl (C=O) groups is 1. The van der Waals surface area contributed by atoms with Gasteiger partial charge in [-0.05, 0) is 13.8 Å². The van der Waals surface area contributed by atoms with Gasteiger partial charge >= 0.3 is 0 Å². The van der Waals surface area contributed by atoms with E-state index in [2.05, 4.69) is 15.1 Å². The molecule has 0 aliphatic carbocycles. The van der Waals surface area contributed by atoms with Gasteiger partial charge in [0.2, 0.25) is 5.76 Å². The van der Waals surface area contributed by atoms with Crippen LogP contribution in [-0.2, 0) is 13.0 Å². The number of benzene rings is 1. The fourth-order valence-corrected chi connectivity index (χ4v) is 3.28. The van der Waals surface area contributed by atoms with Crippen LogP contribution in [0.1, 0.15) is 47.9 Å². The quantitative estimate of drug-likeness (QED) is 0.725. The zero-order valence-electron chi connectivity index (χ0n) is 15.1. The van der Waals surface area contributed by atoms with Crippen LogP contribution in [-0.4, -0.2) is 37.1 Å². The molecule has 7 nitrogen and oxygen atoms in total. The first kappa shape index (κ1) is 16.5. The second kappa shape index (κ2) is 6.40. The summed E-state index contributed by atoms with van der Waals surface area (Å²) in [5.41, 5.74) is 1.61. The lowest BCUT2D eigenvalue weighted by Crippen LogP contribution is -2.41. The van der Waals surface area contributed by atoms with Crippen molar-refractivity contribution in [1.82, 2.24) is 24.6 Å². The average Bonchev–Trinajstić information content (AvgIpc) is 3.26. The van der Waals surface area contributed by atoms with Gasteiger partial charge in [-0.15, -0.1) is 0 Å². The second-order valence-electron chi connectivity index (χ2n) is 6.43. The molecule has 0 spiro atoms. The molecule has 134 valence electrons. The molecule has 1 aliphatic heterocycles. The number of oxazole rings is 1. The van der Waals surface area contributed by atoms with Crippen LogP contribution in [0.25, 0.3) is 11.4 Å². The van der Waals surface area contributed by atoms with Gasteiger partial charge in [0.1, 0.15) is 5.82 Å². The van der Waals surface area contributed by atoms with E-state index < -0.39 is 0 Å². The molecule has 1 aromatic carbocycles. The van der Waals surface area contributed by atoms with Crippen molar-refractivity contribution in [3.05, 3.63) is 53.5 Å². The Balaban J connectivity index is 1.63. The predicted molar refractivity (Wildman–Crippen MR) is 95.5 cm³/mol. The molecule has 3 heterocycles. The smallest absolute Gasteiger partial charge is 0.292 e. The first-order valence-electron chi connectivity index (χ1n) is 8.86. The topological polar surface area (TPSA) is 77.1 Å². The van der Waals surface area contributed by atoms with Crippen LogP contribution in [0, 0.1) is 6.92 Å². The monoisotopic (exact) mass is 351 g/mol. The SMILES string of the molecule is CCc1nc(C)c(C(=O)N2CCn3nc(-c4ccccc4)nc3[C@@H]2C)o1. The molecule has 1 amide bonds. The van der Waals surface area contributed by atoms with Gasteiger partial charge in [0.25, 0.3) is 5.91 Å². The third-order valence-corrected chi connectivity index (χ3v) is 4.72. The summed E-state index contributed by atoms with van der Waals surface area (Å²) in [5.74, 6) is 2.25. The van der Waals surface area contributed by atoms with Gasteiger partial charge in [-0.2, -0.15) is 5.10 Å². The summed E-state index contributed by atoms with van der Waals surface area (Å²) in [6.45, 7) is 6.90. The Morgan fingerprint density at radius 3 is 2.69 bits per heavy atom. The highest BCUT2D eigenvalue weighted by molar-refractivity contribution is 5.92. The maximum absolute atomic E-state index is 13.0. The van der Waals surface area contributed by atoms with Crippen molar-refractivity contribution in [1.29, 1.82) is 0 Å². The Kier molecular flexibility index (Phi) is 4.06. The van der Waals surface area contributed by atoms with E-state index in [9.17, 15) is 4.79 Å². The molecule has 0 fully saturated rings. The van der Waals surface area contributed by atoms with E-state index in [0.717, 1.165) is 11.4 Å². The van der Waals surface area contributed by atoms with Crippen molar-refractivity contribution in [2.24, 2.45) is 0 Å². The molecule has 0 bridgehead atoms. The Morgan fingerprint density at radius 2 is 2.00 bits per heavy atom. The maximum Gasteiger partial charge on any atom is 0.292 e. The first-order chi connectivity index (χ1) is 12.6. The van der Waals surface area contributed by atoms with Gasteiger partial charge in [-0.25, -0.2) is 14.6 Å². The first-order valence-corrected chi connectivity index (χ1v) is 8.86. The van der Waals surface area contributed by atoms with Crippen molar-refractivity contribution < 1.29 is 9.21 Å². The Morgan fingerprint density at radius 1 is 1.23 bits per heavy atom. The number of hydrogen-bond acceptors (Lipinski definition) is 5. The normalized spacial score (nSPS) is 16.6. The Hall–Kier alpha value is -2.96. The molecule has 0 N–H and O–H groups in total. The molecule has 1 atom stereocenters. The molecule has 0 saturated carbocycles. The molecule has 2 aromatic heterocycles. The van der Waals surface area contributed by atoms with Crippen LogP contribution in [0.4, 0.5) is 0 Å². The number of aromatic nitrogens is 4. The molecule has 26 heavy (non-hydrogen) atoms. The number of aryl methyl sites for hydroxylation is 2. The Bertz CT molecular complexity index is 944. The van der Waals surface area contributed by atoms with Crippen LogP contribution in [0.5, 0.6) is 0 Å². The number of hydrogen-bond donors (Lipinski definition) is 0. The van der Waals surface area contributed by atoms with Crippen LogP contribution >= 0.6 is 0 Å². The lowest BCUT2D eigenvalue weighted by atomic mass is 10.2. The molecular formula is C19H21N5O2. The third-order valence-electron chi connectivity index (χ3n) is 4.72. The number of rotatable bonds is 3. The highest BCUT2D eigenvalue weighted by atomic mass is 16.4. The number of nitrogens with zero attached hydrogens (tertiary/aromatic N) is 5. The fraction of sp³-hybridized carbons (Fsp3) is 0.368. The van der Waals surface area contributed by atoms with E-state index in [0.29, 0.717) is 42.7 Å². The minimum absolute atomic E-state index is 0.141. The Labute approximate surface area is 151 Å². The summed E-state index contributed by atoms with van der Waals surface area (Å²) in [6.07, 6.45) is 0.665. The van der Waals surface area contributed by atoms with Crippen molar-refractivity contribution in [2.75, 3.05) is 6.54 Å². The van der Waals surface area contributed by atoms with Crippen molar-refractivity contribution in [3.8, 4) is 11.4 Å². The van der Waals surface area contributed by atoms with E-state index in [1.807, 2.05) is 48.9 Å². The van der Waals surface area contributed by atoms with Crippen LogP contribution < -0.4 is 0 Å². The lowest BCUT2D eigenvalue weighted by molar-refractivity contribution is 0.0595. The average molecular weight is 351 g/mol. The predicted octanol–water partition coefficient (Wildman–Crippen LogP) is 3.02. The summed E-state index contributed by atoms with van der Waals surface area (Å²) in [5, 5.41) is 4.60. The zero-order valence-corrected chi connectivity index (χ0v) is 15.1. The summed E-state index contributed by atoms with van der Waals surface area (Å²) in [7, 11) is 0. The fourth-order valence-electron chi connectivity index (χ4n) is 3.28. The summed E-state index contributed by atoms with van der Waals surface area (Å²) < 4.78 is 7.53. The molecule has 0 saturated heterocycles. The molecular weight excluding hydrogens is 330 g/mol. The van der Waals surface area contributed by atoms with Crippen molar-refractivity contribution in [2.45, 2.75) is 39.8 Å². The van der Waals surface area contributed by atoms with Gasteiger partial charge in [-0.3, -0.25) is 4.79 Å². The number of fused-ring (bicyclic) bond motifs is 1. The number of carbonyl (C=O) groups excluding carboxylic acids is 1. The van der Waals surface area contributed by atoms with Gasteiger partial charge in [0.05, 0.1) is 18.3 Å².